The number of aliphatic carboxylic acids is 1. The summed E-state index contributed by atoms with van der Waals surface area (Å²) in [6.07, 6.45) is 8.19. The van der Waals surface area contributed by atoms with E-state index in [0.29, 0.717) is 5.75 Å². The zero-order chi connectivity index (χ0) is 19.7. The molecule has 0 amide bonds. The number of rotatable bonds is 5. The van der Waals surface area contributed by atoms with E-state index < -0.39 is 11.5 Å². The molecule has 28 heavy (non-hydrogen) atoms. The highest BCUT2D eigenvalue weighted by molar-refractivity contribution is 5.95. The second kappa shape index (κ2) is 7.23. The van der Waals surface area contributed by atoms with Gasteiger partial charge in [-0.15, -0.1) is 0 Å². The highest BCUT2D eigenvalue weighted by Crippen LogP contribution is 2.38. The zero-order valence-electron chi connectivity index (χ0n) is 16.2. The number of fused-ring (bicyclic) bond motifs is 1. The number of carboxylic acids is 1. The molecule has 1 aliphatic heterocycles. The van der Waals surface area contributed by atoms with Crippen LogP contribution in [0, 0.1) is 0 Å². The average Bonchev–Trinajstić information content (AvgIpc) is 3.06. The maximum atomic E-state index is 10.9. The van der Waals surface area contributed by atoms with Crippen molar-refractivity contribution in [3.63, 3.8) is 0 Å². The van der Waals surface area contributed by atoms with Gasteiger partial charge in [-0.25, -0.2) is 9.78 Å². The van der Waals surface area contributed by atoms with Crippen molar-refractivity contribution >= 4 is 11.7 Å². The third-order valence-corrected chi connectivity index (χ3v) is 5.44. The average molecular weight is 376 g/mol. The summed E-state index contributed by atoms with van der Waals surface area (Å²) in [5.41, 5.74) is 5.88. The molecule has 5 nitrogen and oxygen atoms in total. The van der Waals surface area contributed by atoms with Gasteiger partial charge in [-0.3, -0.25) is 4.99 Å². The number of pyridine rings is 1. The van der Waals surface area contributed by atoms with Crippen molar-refractivity contribution in [1.29, 1.82) is 0 Å². The topological polar surface area (TPSA) is 71.8 Å². The Morgan fingerprint density at radius 3 is 2.68 bits per heavy atom. The van der Waals surface area contributed by atoms with Gasteiger partial charge in [0.2, 0.25) is 0 Å². The molecule has 1 aromatic heterocycles. The van der Waals surface area contributed by atoms with E-state index in [-0.39, 0.29) is 6.61 Å². The molecular weight excluding hydrogens is 352 g/mol. The highest BCUT2D eigenvalue weighted by Gasteiger charge is 2.28. The Labute approximate surface area is 164 Å². The molecule has 4 rings (SSSR count). The van der Waals surface area contributed by atoms with Crippen molar-refractivity contribution < 1.29 is 14.6 Å². The number of benzene rings is 1. The lowest BCUT2D eigenvalue weighted by atomic mass is 9.86. The van der Waals surface area contributed by atoms with Gasteiger partial charge in [-0.1, -0.05) is 6.07 Å². The minimum atomic E-state index is -0.961. The molecule has 0 saturated heterocycles. The normalized spacial score (nSPS) is 20.6. The van der Waals surface area contributed by atoms with Gasteiger partial charge < -0.3 is 9.84 Å². The molecule has 144 valence electrons. The summed E-state index contributed by atoms with van der Waals surface area (Å²) in [7, 11) is 0. The molecule has 0 bridgehead atoms. The number of aliphatic imine (C=N–C) groups is 1. The first-order valence-electron chi connectivity index (χ1n) is 9.69. The fourth-order valence-corrected chi connectivity index (χ4v) is 4.08. The van der Waals surface area contributed by atoms with Crippen molar-refractivity contribution in [3.05, 3.63) is 59.3 Å². The molecule has 5 heteroatoms. The van der Waals surface area contributed by atoms with Crippen molar-refractivity contribution in [2.75, 3.05) is 6.61 Å². The van der Waals surface area contributed by atoms with E-state index in [1.54, 1.807) is 0 Å². The number of hydrogen-bond donors (Lipinski definition) is 1. The minimum absolute atomic E-state index is 0.318. The van der Waals surface area contributed by atoms with Gasteiger partial charge in [0.15, 0.2) is 6.61 Å². The predicted octanol–water partition coefficient (Wildman–Crippen LogP) is 4.34. The Bertz CT molecular complexity index is 993. The van der Waals surface area contributed by atoms with E-state index in [1.807, 2.05) is 43.3 Å². The van der Waals surface area contributed by atoms with Crippen LogP contribution in [0.3, 0.4) is 0 Å². The van der Waals surface area contributed by atoms with Crippen molar-refractivity contribution in [3.8, 4) is 17.0 Å². The maximum Gasteiger partial charge on any atom is 0.341 e. The monoisotopic (exact) mass is 376 g/mol. The Hall–Kier alpha value is -2.95. The molecular formula is C23H24N2O3. The van der Waals surface area contributed by atoms with Crippen LogP contribution < -0.4 is 4.74 Å². The maximum absolute atomic E-state index is 10.9. The Kier molecular flexibility index (Phi) is 4.75. The summed E-state index contributed by atoms with van der Waals surface area (Å²) < 4.78 is 5.54. The Morgan fingerprint density at radius 1 is 1.18 bits per heavy atom. The van der Waals surface area contributed by atoms with E-state index in [2.05, 4.69) is 13.0 Å². The van der Waals surface area contributed by atoms with Crippen LogP contribution in [0.1, 0.15) is 43.5 Å². The molecule has 0 saturated carbocycles. The molecule has 1 aromatic carbocycles. The van der Waals surface area contributed by atoms with E-state index >= 15 is 0 Å². The molecule has 2 aliphatic rings. The Morgan fingerprint density at radius 2 is 1.96 bits per heavy atom. The lowest BCUT2D eigenvalue weighted by Gasteiger charge is -2.23. The van der Waals surface area contributed by atoms with Crippen molar-refractivity contribution in [1.82, 2.24) is 4.98 Å². The summed E-state index contributed by atoms with van der Waals surface area (Å²) in [4.78, 5) is 20.6. The first-order chi connectivity index (χ1) is 13.5. The summed E-state index contributed by atoms with van der Waals surface area (Å²) in [5.74, 6) is -0.278. The number of allylic oxidation sites excluding steroid dienone is 1. The first kappa shape index (κ1) is 18.4. The number of aromatic nitrogens is 1. The molecule has 2 aromatic rings. The number of carbonyl (C=O) groups is 1. The quantitative estimate of drug-likeness (QED) is 0.843. The smallest absolute Gasteiger partial charge is 0.341 e. The molecule has 1 N–H and O–H groups in total. The van der Waals surface area contributed by atoms with E-state index in [4.69, 9.17) is 19.8 Å². The van der Waals surface area contributed by atoms with E-state index in [1.165, 1.54) is 5.56 Å². The summed E-state index contributed by atoms with van der Waals surface area (Å²) in [5, 5.41) is 8.94. The van der Waals surface area contributed by atoms with E-state index in [9.17, 15) is 4.79 Å². The van der Waals surface area contributed by atoms with Gasteiger partial charge in [0, 0.05) is 11.3 Å². The summed E-state index contributed by atoms with van der Waals surface area (Å²) in [6, 6.07) is 9.98. The van der Waals surface area contributed by atoms with Gasteiger partial charge in [0.25, 0.3) is 0 Å². The number of carboxylic acid groups (broad SMARTS) is 1. The van der Waals surface area contributed by atoms with Crippen LogP contribution in [-0.2, 0) is 23.2 Å². The third kappa shape index (κ3) is 3.44. The van der Waals surface area contributed by atoms with Crippen LogP contribution in [0.25, 0.3) is 11.3 Å². The van der Waals surface area contributed by atoms with Gasteiger partial charge in [-0.05, 0) is 87.1 Å². The van der Waals surface area contributed by atoms with Crippen LogP contribution in [0.15, 0.2) is 47.5 Å². The molecule has 1 aliphatic carbocycles. The largest absolute Gasteiger partial charge is 0.482 e. The predicted molar refractivity (Wildman–Crippen MR) is 109 cm³/mol. The second-order valence-electron chi connectivity index (χ2n) is 7.60. The molecule has 2 heterocycles. The lowest BCUT2D eigenvalue weighted by molar-refractivity contribution is -0.139. The van der Waals surface area contributed by atoms with E-state index in [0.717, 1.165) is 53.9 Å². The number of ether oxygens (including phenoxy) is 1. The fraction of sp³-hybridized carbons (Fsp3) is 0.348. The van der Waals surface area contributed by atoms with Gasteiger partial charge in [-0.2, -0.15) is 0 Å². The van der Waals surface area contributed by atoms with Crippen LogP contribution >= 0.6 is 0 Å². The SMILES string of the molecule is CC1=NC(C)(c2cccc(-c3ccc(OCC(=O)O)c4c3CCCC4)n2)C=C1. The highest BCUT2D eigenvalue weighted by atomic mass is 16.5. The third-order valence-electron chi connectivity index (χ3n) is 5.44. The second-order valence-corrected chi connectivity index (χ2v) is 7.60. The van der Waals surface area contributed by atoms with Gasteiger partial charge >= 0.3 is 5.97 Å². The molecule has 1 atom stereocenters. The number of hydrogen-bond acceptors (Lipinski definition) is 4. The summed E-state index contributed by atoms with van der Waals surface area (Å²) >= 11 is 0. The van der Waals surface area contributed by atoms with Gasteiger partial charge in [0.05, 0.1) is 11.4 Å². The van der Waals surface area contributed by atoms with Crippen LogP contribution in [0.2, 0.25) is 0 Å². The molecule has 0 spiro atoms. The fourth-order valence-electron chi connectivity index (χ4n) is 4.08. The summed E-state index contributed by atoms with van der Waals surface area (Å²) in [6.45, 7) is 3.75. The minimum Gasteiger partial charge on any atom is -0.482 e. The van der Waals surface area contributed by atoms with Crippen LogP contribution in [-0.4, -0.2) is 28.4 Å². The van der Waals surface area contributed by atoms with Crippen molar-refractivity contribution in [2.45, 2.75) is 45.1 Å². The van der Waals surface area contributed by atoms with Crippen LogP contribution in [0.5, 0.6) is 5.75 Å². The first-order valence-corrected chi connectivity index (χ1v) is 9.69. The zero-order valence-corrected chi connectivity index (χ0v) is 16.2. The Balaban J connectivity index is 1.75. The van der Waals surface area contributed by atoms with Crippen molar-refractivity contribution in [2.24, 2.45) is 4.99 Å². The standard InChI is InChI=1S/C23H24N2O3/c1-15-12-13-23(2,25-15)21-9-5-8-19(24-21)17-10-11-20(28-14-22(26)27)18-7-4-3-6-16(17)18/h5,8-13H,3-4,6-7,14H2,1-2H3,(H,26,27). The lowest BCUT2D eigenvalue weighted by Crippen LogP contribution is -2.16. The number of nitrogens with zero attached hydrogens (tertiary/aromatic N) is 2. The molecule has 0 fully saturated rings. The van der Waals surface area contributed by atoms with Gasteiger partial charge in [0.1, 0.15) is 11.3 Å². The van der Waals surface area contributed by atoms with Crippen LogP contribution in [0.4, 0.5) is 0 Å². The molecule has 1 unspecified atom stereocenters. The molecule has 0 radical (unpaired) electrons.